The summed E-state index contributed by atoms with van der Waals surface area (Å²) < 4.78 is 28.7. The molecule has 1 N–H and O–H groups in total. The Bertz CT molecular complexity index is 566. The van der Waals surface area contributed by atoms with Gasteiger partial charge >= 0.3 is 0 Å². The first kappa shape index (κ1) is 20.4. The van der Waals surface area contributed by atoms with Gasteiger partial charge in [-0.05, 0) is 37.8 Å². The third kappa shape index (κ3) is 5.45. The fourth-order valence-corrected chi connectivity index (χ4v) is 4.23. The summed E-state index contributed by atoms with van der Waals surface area (Å²) in [4.78, 5) is 4.11. The van der Waals surface area contributed by atoms with Gasteiger partial charge in [0, 0.05) is 25.8 Å². The van der Waals surface area contributed by atoms with E-state index in [0.29, 0.717) is 24.9 Å². The topological polar surface area (TPSA) is 67.2 Å². The van der Waals surface area contributed by atoms with Crippen LogP contribution in [0, 0.1) is 11.8 Å². The molecular weight excluding hydrogens is 336 g/mol. The molecule has 2 heterocycles. The van der Waals surface area contributed by atoms with Gasteiger partial charge in [-0.2, -0.15) is 4.31 Å². The van der Waals surface area contributed by atoms with Crippen LogP contribution >= 0.6 is 12.4 Å². The second-order valence-electron chi connectivity index (χ2n) is 6.46. The van der Waals surface area contributed by atoms with Crippen LogP contribution in [0.4, 0.5) is 0 Å². The number of imidazole rings is 1. The third-order valence-corrected chi connectivity index (χ3v) is 5.83. The minimum Gasteiger partial charge on any atom is -0.336 e. The number of halogens is 1. The first-order valence-electron chi connectivity index (χ1n) is 8.16. The van der Waals surface area contributed by atoms with Gasteiger partial charge in [-0.1, -0.05) is 20.8 Å². The number of sulfonamides is 1. The zero-order valence-electron chi connectivity index (χ0n) is 14.2. The molecule has 8 heteroatoms. The smallest absolute Gasteiger partial charge is 0.262 e. The van der Waals surface area contributed by atoms with E-state index in [1.54, 1.807) is 16.8 Å². The van der Waals surface area contributed by atoms with Crippen molar-refractivity contribution in [2.45, 2.75) is 45.2 Å². The lowest BCUT2D eigenvalue weighted by Gasteiger charge is -2.30. The molecule has 1 aliphatic rings. The standard InChI is InChI=1S/C15H28N4O2S.ClH/c1-4-16-9-14-5-7-19(8-6-14)22(20,21)15-11-18(12-17-15)10-13(2)3;/h11-14,16H,4-10H2,1-3H3;1H. The van der Waals surface area contributed by atoms with Gasteiger partial charge in [-0.25, -0.2) is 13.4 Å². The summed E-state index contributed by atoms with van der Waals surface area (Å²) in [6.45, 7) is 10.2. The Labute approximate surface area is 146 Å². The zero-order valence-corrected chi connectivity index (χ0v) is 15.9. The minimum atomic E-state index is -3.44. The summed E-state index contributed by atoms with van der Waals surface area (Å²) in [5, 5.41) is 3.52. The molecule has 0 radical (unpaired) electrons. The monoisotopic (exact) mass is 364 g/mol. The van der Waals surface area contributed by atoms with Crippen LogP contribution < -0.4 is 5.32 Å². The molecule has 0 saturated carbocycles. The maximum atomic E-state index is 12.6. The van der Waals surface area contributed by atoms with Crippen LogP contribution in [0.25, 0.3) is 0 Å². The SMILES string of the molecule is CCNCC1CCN(S(=O)(=O)c2cn(CC(C)C)cn2)CC1.Cl. The Kier molecular flexibility index (Phi) is 8.00. The van der Waals surface area contributed by atoms with E-state index in [1.807, 2.05) is 4.57 Å². The van der Waals surface area contributed by atoms with E-state index in [0.717, 1.165) is 32.5 Å². The van der Waals surface area contributed by atoms with Crippen LogP contribution in [0.5, 0.6) is 0 Å². The van der Waals surface area contributed by atoms with Crippen molar-refractivity contribution >= 4 is 22.4 Å². The first-order valence-corrected chi connectivity index (χ1v) is 9.60. The Morgan fingerprint density at radius 3 is 2.57 bits per heavy atom. The van der Waals surface area contributed by atoms with E-state index in [2.05, 4.69) is 31.1 Å². The average Bonchev–Trinajstić information content (AvgIpc) is 2.94. The molecule has 6 nitrogen and oxygen atoms in total. The van der Waals surface area contributed by atoms with Crippen LogP contribution in [-0.4, -0.2) is 48.5 Å². The second kappa shape index (κ2) is 9.01. The quantitative estimate of drug-likeness (QED) is 0.803. The van der Waals surface area contributed by atoms with Gasteiger partial charge in [-0.3, -0.25) is 0 Å². The maximum Gasteiger partial charge on any atom is 0.262 e. The van der Waals surface area contributed by atoms with E-state index < -0.39 is 10.0 Å². The fourth-order valence-electron chi connectivity index (χ4n) is 2.83. The number of piperidine rings is 1. The highest BCUT2D eigenvalue weighted by Crippen LogP contribution is 2.22. The Morgan fingerprint density at radius 2 is 2.00 bits per heavy atom. The molecule has 0 atom stereocenters. The van der Waals surface area contributed by atoms with Crippen molar-refractivity contribution < 1.29 is 8.42 Å². The van der Waals surface area contributed by atoms with E-state index in [4.69, 9.17) is 0 Å². The van der Waals surface area contributed by atoms with Crippen LogP contribution in [0.2, 0.25) is 0 Å². The van der Waals surface area contributed by atoms with Crippen LogP contribution in [-0.2, 0) is 16.6 Å². The van der Waals surface area contributed by atoms with Gasteiger partial charge in [0.05, 0.1) is 6.33 Å². The Hall–Kier alpha value is -0.630. The van der Waals surface area contributed by atoms with Gasteiger partial charge in [0.2, 0.25) is 0 Å². The fraction of sp³-hybridized carbons (Fsp3) is 0.800. The molecule has 2 rings (SSSR count). The summed E-state index contributed by atoms with van der Waals surface area (Å²) >= 11 is 0. The van der Waals surface area contributed by atoms with Crippen LogP contribution in [0.15, 0.2) is 17.6 Å². The van der Waals surface area contributed by atoms with Gasteiger partial charge in [0.15, 0.2) is 5.03 Å². The van der Waals surface area contributed by atoms with E-state index in [1.165, 1.54) is 0 Å². The lowest BCUT2D eigenvalue weighted by Crippen LogP contribution is -2.40. The zero-order chi connectivity index (χ0) is 16.2. The molecule has 0 unspecified atom stereocenters. The highest BCUT2D eigenvalue weighted by molar-refractivity contribution is 7.89. The maximum absolute atomic E-state index is 12.6. The molecule has 1 aromatic rings. The first-order chi connectivity index (χ1) is 10.4. The molecular formula is C15H29ClN4O2S. The molecule has 1 aliphatic heterocycles. The van der Waals surface area contributed by atoms with Crippen molar-refractivity contribution in [3.05, 3.63) is 12.5 Å². The van der Waals surface area contributed by atoms with E-state index >= 15 is 0 Å². The molecule has 0 amide bonds. The van der Waals surface area contributed by atoms with Gasteiger partial charge < -0.3 is 9.88 Å². The largest absolute Gasteiger partial charge is 0.336 e. The number of rotatable bonds is 7. The van der Waals surface area contributed by atoms with Crippen molar-refractivity contribution in [3.63, 3.8) is 0 Å². The number of nitrogens with zero attached hydrogens (tertiary/aromatic N) is 3. The predicted molar refractivity (Wildman–Crippen MR) is 94.3 cm³/mol. The summed E-state index contributed by atoms with van der Waals surface area (Å²) in [6, 6.07) is 0. The molecule has 0 spiro atoms. The highest BCUT2D eigenvalue weighted by atomic mass is 35.5. The molecule has 1 aromatic heterocycles. The summed E-state index contributed by atoms with van der Waals surface area (Å²) in [5.41, 5.74) is 0. The van der Waals surface area contributed by atoms with E-state index in [-0.39, 0.29) is 17.4 Å². The molecule has 0 aromatic carbocycles. The molecule has 0 aliphatic carbocycles. The lowest BCUT2D eigenvalue weighted by atomic mass is 9.98. The van der Waals surface area contributed by atoms with Crippen molar-refractivity contribution in [2.75, 3.05) is 26.2 Å². The summed E-state index contributed by atoms with van der Waals surface area (Å²) in [7, 11) is -3.44. The minimum absolute atomic E-state index is 0. The molecule has 0 bridgehead atoms. The average molecular weight is 365 g/mol. The lowest BCUT2D eigenvalue weighted by molar-refractivity contribution is 0.268. The van der Waals surface area contributed by atoms with Crippen LogP contribution in [0.3, 0.4) is 0 Å². The van der Waals surface area contributed by atoms with Gasteiger partial charge in [0.1, 0.15) is 0 Å². The summed E-state index contributed by atoms with van der Waals surface area (Å²) in [6.07, 6.45) is 5.10. The molecule has 1 saturated heterocycles. The summed E-state index contributed by atoms with van der Waals surface area (Å²) in [5.74, 6) is 1.04. The molecule has 1 fully saturated rings. The van der Waals surface area contributed by atoms with Crippen molar-refractivity contribution in [2.24, 2.45) is 11.8 Å². The van der Waals surface area contributed by atoms with Gasteiger partial charge in [0.25, 0.3) is 10.0 Å². The predicted octanol–water partition coefficient (Wildman–Crippen LogP) is 1.97. The number of aromatic nitrogens is 2. The second-order valence-corrected chi connectivity index (χ2v) is 8.34. The van der Waals surface area contributed by atoms with Crippen molar-refractivity contribution in [1.29, 1.82) is 0 Å². The molecule has 23 heavy (non-hydrogen) atoms. The van der Waals surface area contributed by atoms with Gasteiger partial charge in [-0.15, -0.1) is 12.4 Å². The van der Waals surface area contributed by atoms with Crippen molar-refractivity contribution in [3.8, 4) is 0 Å². The highest BCUT2D eigenvalue weighted by Gasteiger charge is 2.30. The number of nitrogens with one attached hydrogen (secondary N) is 1. The van der Waals surface area contributed by atoms with E-state index in [9.17, 15) is 8.42 Å². The Morgan fingerprint density at radius 1 is 1.35 bits per heavy atom. The van der Waals surface area contributed by atoms with Crippen LogP contribution in [0.1, 0.15) is 33.6 Å². The normalized spacial score (nSPS) is 17.4. The Balaban J connectivity index is 0.00000264. The third-order valence-electron chi connectivity index (χ3n) is 4.05. The number of hydrogen-bond acceptors (Lipinski definition) is 4. The van der Waals surface area contributed by atoms with Crippen molar-refractivity contribution in [1.82, 2.24) is 19.2 Å². The molecule has 134 valence electrons. The number of hydrogen-bond donors (Lipinski definition) is 1.